The van der Waals surface area contributed by atoms with Crippen molar-refractivity contribution in [2.45, 2.75) is 19.3 Å². The number of ether oxygens (including phenoxy) is 1. The van der Waals surface area contributed by atoms with Gasteiger partial charge in [0.15, 0.2) is 0 Å². The fourth-order valence-electron chi connectivity index (χ4n) is 1.34. The van der Waals surface area contributed by atoms with E-state index in [1.54, 1.807) is 4.90 Å². The van der Waals surface area contributed by atoms with Crippen molar-refractivity contribution in [3.63, 3.8) is 0 Å². The third-order valence-corrected chi connectivity index (χ3v) is 2.11. The van der Waals surface area contributed by atoms with E-state index < -0.39 is 6.41 Å². The van der Waals surface area contributed by atoms with Crippen molar-refractivity contribution in [3.05, 3.63) is 0 Å². The van der Waals surface area contributed by atoms with Crippen LogP contribution >= 0.6 is 0 Å². The van der Waals surface area contributed by atoms with Crippen molar-refractivity contribution in [3.8, 4) is 0 Å². The van der Waals surface area contributed by atoms with Crippen molar-refractivity contribution >= 4 is 5.91 Å². The molecule has 1 rings (SSSR count). The van der Waals surface area contributed by atoms with E-state index >= 15 is 0 Å². The summed E-state index contributed by atoms with van der Waals surface area (Å²) in [5, 5.41) is 11.5. The lowest BCUT2D eigenvalue weighted by Gasteiger charge is -2.16. The Balaban J connectivity index is 2.16. The molecule has 2 N–H and O–H groups in total. The summed E-state index contributed by atoms with van der Waals surface area (Å²) < 4.78 is 4.54. The Morgan fingerprint density at radius 3 is 2.77 bits per heavy atom. The number of methoxy groups -OCH3 is 1. The van der Waals surface area contributed by atoms with E-state index in [9.17, 15) is 4.79 Å². The molecule has 0 radical (unpaired) electrons. The van der Waals surface area contributed by atoms with Gasteiger partial charge in [-0.25, -0.2) is 0 Å². The highest BCUT2D eigenvalue weighted by molar-refractivity contribution is 5.78. The fraction of sp³-hybridized carbons (Fsp3) is 0.875. The lowest BCUT2D eigenvalue weighted by Crippen LogP contribution is -2.41. The van der Waals surface area contributed by atoms with E-state index in [-0.39, 0.29) is 12.5 Å². The molecule has 5 heteroatoms. The SMILES string of the molecule is COC(O)NCC(=O)N1CCCC1. The molecule has 1 unspecified atom stereocenters. The Hall–Kier alpha value is -0.650. The fourth-order valence-corrected chi connectivity index (χ4v) is 1.34. The Kier molecular flexibility index (Phi) is 4.14. The highest BCUT2D eigenvalue weighted by Gasteiger charge is 2.17. The second kappa shape index (κ2) is 5.16. The Morgan fingerprint density at radius 2 is 2.23 bits per heavy atom. The number of hydrogen-bond donors (Lipinski definition) is 2. The van der Waals surface area contributed by atoms with Gasteiger partial charge < -0.3 is 14.7 Å². The molecule has 1 fully saturated rings. The average molecular weight is 188 g/mol. The van der Waals surface area contributed by atoms with Crippen LogP contribution in [0.1, 0.15) is 12.8 Å². The van der Waals surface area contributed by atoms with Crippen molar-refractivity contribution in [2.75, 3.05) is 26.7 Å². The third-order valence-electron chi connectivity index (χ3n) is 2.11. The van der Waals surface area contributed by atoms with Gasteiger partial charge in [0.05, 0.1) is 6.54 Å². The first-order valence-corrected chi connectivity index (χ1v) is 4.46. The first-order valence-electron chi connectivity index (χ1n) is 4.46. The van der Waals surface area contributed by atoms with Crippen LogP contribution in [0.2, 0.25) is 0 Å². The highest BCUT2D eigenvalue weighted by Crippen LogP contribution is 2.06. The van der Waals surface area contributed by atoms with E-state index in [1.807, 2.05) is 0 Å². The molecule has 0 spiro atoms. The van der Waals surface area contributed by atoms with Crippen molar-refractivity contribution in [1.29, 1.82) is 0 Å². The molecule has 1 amide bonds. The molecule has 1 aliphatic rings. The molecule has 0 aromatic heterocycles. The number of carbonyl (C=O) groups is 1. The Bertz CT molecular complexity index is 169. The van der Waals surface area contributed by atoms with Crippen molar-refractivity contribution in [1.82, 2.24) is 10.2 Å². The molecular weight excluding hydrogens is 172 g/mol. The summed E-state index contributed by atoms with van der Waals surface area (Å²) in [4.78, 5) is 13.1. The predicted octanol–water partition coefficient (Wildman–Crippen LogP) is -0.879. The number of carbonyl (C=O) groups excluding carboxylic acids is 1. The van der Waals surface area contributed by atoms with Crippen LogP contribution in [0.15, 0.2) is 0 Å². The molecule has 1 atom stereocenters. The summed E-state index contributed by atoms with van der Waals surface area (Å²) in [5.41, 5.74) is 0. The van der Waals surface area contributed by atoms with Gasteiger partial charge in [-0.3, -0.25) is 10.1 Å². The maximum absolute atomic E-state index is 11.4. The number of hydrogen-bond acceptors (Lipinski definition) is 4. The van der Waals surface area contributed by atoms with E-state index in [0.29, 0.717) is 0 Å². The Labute approximate surface area is 77.7 Å². The largest absolute Gasteiger partial charge is 0.356 e. The summed E-state index contributed by atoms with van der Waals surface area (Å²) in [6.45, 7) is 1.81. The van der Waals surface area contributed by atoms with Gasteiger partial charge in [-0.2, -0.15) is 0 Å². The van der Waals surface area contributed by atoms with Gasteiger partial charge in [0, 0.05) is 20.2 Å². The zero-order chi connectivity index (χ0) is 9.68. The van der Waals surface area contributed by atoms with Gasteiger partial charge in [-0.1, -0.05) is 0 Å². The van der Waals surface area contributed by atoms with Gasteiger partial charge in [0.1, 0.15) is 0 Å². The number of amides is 1. The van der Waals surface area contributed by atoms with E-state index in [1.165, 1.54) is 7.11 Å². The molecule has 0 aromatic carbocycles. The number of rotatable bonds is 4. The summed E-state index contributed by atoms with van der Waals surface area (Å²) in [6.07, 6.45) is 1.11. The monoisotopic (exact) mass is 188 g/mol. The number of nitrogens with zero attached hydrogens (tertiary/aromatic N) is 1. The quantitative estimate of drug-likeness (QED) is 0.562. The third kappa shape index (κ3) is 3.30. The van der Waals surface area contributed by atoms with Gasteiger partial charge >= 0.3 is 0 Å². The molecule has 76 valence electrons. The maximum Gasteiger partial charge on any atom is 0.236 e. The van der Waals surface area contributed by atoms with E-state index in [2.05, 4.69) is 10.1 Å². The Morgan fingerprint density at radius 1 is 1.62 bits per heavy atom. The number of aliphatic hydroxyl groups is 1. The highest BCUT2D eigenvalue weighted by atomic mass is 16.6. The van der Waals surface area contributed by atoms with Crippen LogP contribution in [0.3, 0.4) is 0 Å². The van der Waals surface area contributed by atoms with E-state index in [0.717, 1.165) is 25.9 Å². The zero-order valence-corrected chi connectivity index (χ0v) is 7.82. The van der Waals surface area contributed by atoms with Crippen LogP contribution in [0.4, 0.5) is 0 Å². The minimum Gasteiger partial charge on any atom is -0.356 e. The summed E-state index contributed by atoms with van der Waals surface area (Å²) >= 11 is 0. The van der Waals surface area contributed by atoms with Crippen molar-refractivity contribution in [2.24, 2.45) is 0 Å². The van der Waals surface area contributed by atoms with Crippen LogP contribution in [0.25, 0.3) is 0 Å². The van der Waals surface area contributed by atoms with Gasteiger partial charge in [-0.05, 0) is 12.8 Å². The van der Waals surface area contributed by atoms with Crippen LogP contribution < -0.4 is 5.32 Å². The first-order chi connectivity index (χ1) is 6.24. The van der Waals surface area contributed by atoms with E-state index in [4.69, 9.17) is 5.11 Å². The molecule has 1 saturated heterocycles. The van der Waals surface area contributed by atoms with Gasteiger partial charge in [0.25, 0.3) is 0 Å². The molecule has 0 aromatic rings. The van der Waals surface area contributed by atoms with Crippen molar-refractivity contribution < 1.29 is 14.6 Å². The molecule has 1 heterocycles. The molecule has 0 aliphatic carbocycles. The number of likely N-dealkylation sites (tertiary alicyclic amines) is 1. The molecule has 0 bridgehead atoms. The lowest BCUT2D eigenvalue weighted by atomic mass is 10.4. The summed E-state index contributed by atoms with van der Waals surface area (Å²) in [5.74, 6) is 0.0219. The van der Waals surface area contributed by atoms with Crippen LogP contribution in [-0.4, -0.2) is 49.1 Å². The standard InChI is InChI=1S/C8H16N2O3/c1-13-8(12)9-6-7(11)10-4-2-3-5-10/h8-9,12H,2-6H2,1H3. The molecular formula is C8H16N2O3. The van der Waals surface area contributed by atoms with Gasteiger partial charge in [0.2, 0.25) is 12.3 Å². The normalized spacial score (nSPS) is 19.1. The number of nitrogens with one attached hydrogen (secondary N) is 1. The minimum atomic E-state index is -1.05. The average Bonchev–Trinajstić information content (AvgIpc) is 2.66. The van der Waals surface area contributed by atoms with Crippen LogP contribution in [0, 0.1) is 0 Å². The molecule has 1 aliphatic heterocycles. The van der Waals surface area contributed by atoms with Crippen LogP contribution in [0.5, 0.6) is 0 Å². The molecule has 0 saturated carbocycles. The molecule has 5 nitrogen and oxygen atoms in total. The summed E-state index contributed by atoms with van der Waals surface area (Å²) in [6, 6.07) is 0. The predicted molar refractivity (Wildman–Crippen MR) is 46.8 cm³/mol. The first kappa shape index (κ1) is 10.4. The number of aliphatic hydroxyl groups excluding tert-OH is 1. The topological polar surface area (TPSA) is 61.8 Å². The maximum atomic E-state index is 11.4. The summed E-state index contributed by atoms with van der Waals surface area (Å²) in [7, 11) is 1.37. The smallest absolute Gasteiger partial charge is 0.236 e. The lowest BCUT2D eigenvalue weighted by molar-refractivity contribution is -0.134. The second-order valence-corrected chi connectivity index (χ2v) is 3.06. The zero-order valence-electron chi connectivity index (χ0n) is 7.82. The minimum absolute atomic E-state index is 0.0219. The van der Waals surface area contributed by atoms with Gasteiger partial charge in [-0.15, -0.1) is 0 Å². The van der Waals surface area contributed by atoms with Crippen LogP contribution in [-0.2, 0) is 9.53 Å². The molecule has 13 heavy (non-hydrogen) atoms. The second-order valence-electron chi connectivity index (χ2n) is 3.06.